The van der Waals surface area contributed by atoms with Gasteiger partial charge in [0.2, 0.25) is 0 Å². The van der Waals surface area contributed by atoms with Gasteiger partial charge in [0, 0.05) is 0 Å². The average molecular weight is 150 g/mol. The summed E-state index contributed by atoms with van der Waals surface area (Å²) in [7, 11) is 0. The van der Waals surface area contributed by atoms with Crippen molar-refractivity contribution in [2.24, 2.45) is 0 Å². The minimum atomic E-state index is 1.23. The second kappa shape index (κ2) is 3.47. The zero-order chi connectivity index (χ0) is 7.40. The van der Waals surface area contributed by atoms with Gasteiger partial charge in [0.1, 0.15) is 0 Å². The lowest BCUT2D eigenvalue weighted by molar-refractivity contribution is 1.45. The summed E-state index contributed by atoms with van der Waals surface area (Å²) in [5.41, 5.74) is 2.52. The molecule has 0 aromatic heterocycles. The Morgan fingerprint density at radius 2 is 2.00 bits per heavy atom. The third-order valence-electron chi connectivity index (χ3n) is 1.44. The highest BCUT2D eigenvalue weighted by atomic mass is 32.1. The van der Waals surface area contributed by atoms with Gasteiger partial charge in [-0.25, -0.2) is 0 Å². The van der Waals surface area contributed by atoms with Crippen LogP contribution >= 0.6 is 12.6 Å². The topological polar surface area (TPSA) is 0 Å². The van der Waals surface area contributed by atoms with Crippen LogP contribution in [-0.4, -0.2) is 0 Å². The Hall–Kier alpha value is -0.690. The van der Waals surface area contributed by atoms with E-state index in [0.717, 1.165) is 0 Å². The minimum absolute atomic E-state index is 1.23. The van der Waals surface area contributed by atoms with Crippen LogP contribution in [0.1, 0.15) is 11.1 Å². The molecule has 1 aromatic carbocycles. The molecule has 0 aliphatic rings. The number of hydrogen-bond acceptors (Lipinski definition) is 1. The molecule has 0 fully saturated rings. The van der Waals surface area contributed by atoms with Crippen molar-refractivity contribution in [2.45, 2.75) is 6.92 Å². The van der Waals surface area contributed by atoms with Crippen molar-refractivity contribution in [1.29, 1.82) is 0 Å². The van der Waals surface area contributed by atoms with Crippen LogP contribution in [0, 0.1) is 6.92 Å². The number of hydrogen-bond donors (Lipinski definition) is 1. The largest absolute Gasteiger partial charge is 0.151 e. The van der Waals surface area contributed by atoms with Crippen molar-refractivity contribution in [2.75, 3.05) is 0 Å². The Morgan fingerprint density at radius 1 is 1.30 bits per heavy atom. The molecule has 0 radical (unpaired) electrons. The quantitative estimate of drug-likeness (QED) is 0.585. The zero-order valence-electron chi connectivity index (χ0n) is 5.91. The van der Waals surface area contributed by atoms with Crippen molar-refractivity contribution < 1.29 is 0 Å². The number of aryl methyl sites for hydroxylation is 1. The number of thiol groups is 1. The van der Waals surface area contributed by atoms with Crippen LogP contribution in [0.2, 0.25) is 0 Å². The van der Waals surface area contributed by atoms with E-state index >= 15 is 0 Å². The van der Waals surface area contributed by atoms with E-state index in [0.29, 0.717) is 0 Å². The molecule has 52 valence electrons. The second-order valence-corrected chi connectivity index (χ2v) is 2.47. The summed E-state index contributed by atoms with van der Waals surface area (Å²) in [5.74, 6) is 0. The molecule has 0 heterocycles. The van der Waals surface area contributed by atoms with Gasteiger partial charge in [0.25, 0.3) is 0 Å². The summed E-state index contributed by atoms with van der Waals surface area (Å²) in [4.78, 5) is 0. The first-order valence-corrected chi connectivity index (χ1v) is 3.72. The van der Waals surface area contributed by atoms with Crippen LogP contribution in [0.15, 0.2) is 29.7 Å². The van der Waals surface area contributed by atoms with E-state index in [4.69, 9.17) is 0 Å². The SMILES string of the molecule is Cc1ccccc1C=CS. The Bertz CT molecular complexity index is 238. The summed E-state index contributed by atoms with van der Waals surface area (Å²) in [6.45, 7) is 2.09. The highest BCUT2D eigenvalue weighted by Crippen LogP contribution is 2.08. The monoisotopic (exact) mass is 150 g/mol. The molecule has 1 heteroatoms. The first-order valence-electron chi connectivity index (χ1n) is 3.21. The smallest absolute Gasteiger partial charge is 0.0222 e. The molecule has 1 aromatic rings. The van der Waals surface area contributed by atoms with Crippen molar-refractivity contribution in [3.8, 4) is 0 Å². The molecule has 0 amide bonds. The standard InChI is InChI=1S/C9H10S/c1-8-4-2-3-5-9(8)6-7-10/h2-7,10H,1H3. The van der Waals surface area contributed by atoms with Gasteiger partial charge in [0.15, 0.2) is 0 Å². The van der Waals surface area contributed by atoms with E-state index in [2.05, 4.69) is 31.7 Å². The van der Waals surface area contributed by atoms with Gasteiger partial charge in [-0.05, 0) is 29.5 Å². The first-order chi connectivity index (χ1) is 4.84. The van der Waals surface area contributed by atoms with Crippen LogP contribution < -0.4 is 0 Å². The second-order valence-electron chi connectivity index (χ2n) is 2.17. The lowest BCUT2D eigenvalue weighted by Gasteiger charge is -1.96. The molecule has 1 rings (SSSR count). The van der Waals surface area contributed by atoms with Gasteiger partial charge in [-0.2, -0.15) is 12.6 Å². The summed E-state index contributed by atoms with van der Waals surface area (Å²) in [6.07, 6.45) is 1.98. The number of benzene rings is 1. The molecule has 0 aliphatic carbocycles. The molecule has 0 unspecified atom stereocenters. The molecule has 10 heavy (non-hydrogen) atoms. The van der Waals surface area contributed by atoms with E-state index < -0.39 is 0 Å². The molecule has 0 N–H and O–H groups in total. The molecule has 0 saturated heterocycles. The van der Waals surface area contributed by atoms with Crippen molar-refractivity contribution in [3.05, 3.63) is 40.8 Å². The molecule has 0 saturated carbocycles. The van der Waals surface area contributed by atoms with Crippen LogP contribution in [0.4, 0.5) is 0 Å². The van der Waals surface area contributed by atoms with Gasteiger partial charge in [-0.3, -0.25) is 0 Å². The fourth-order valence-electron chi connectivity index (χ4n) is 0.854. The Morgan fingerprint density at radius 3 is 2.60 bits per heavy atom. The van der Waals surface area contributed by atoms with Gasteiger partial charge < -0.3 is 0 Å². The summed E-state index contributed by atoms with van der Waals surface area (Å²) in [5, 5.41) is 1.75. The first kappa shape index (κ1) is 7.42. The van der Waals surface area contributed by atoms with Gasteiger partial charge in [-0.1, -0.05) is 24.3 Å². The van der Waals surface area contributed by atoms with Gasteiger partial charge in [-0.15, -0.1) is 0 Å². The third kappa shape index (κ3) is 1.64. The maximum absolute atomic E-state index is 4.00. The van der Waals surface area contributed by atoms with E-state index in [1.54, 1.807) is 5.41 Å². The predicted octanol–water partition coefficient (Wildman–Crippen LogP) is 2.90. The van der Waals surface area contributed by atoms with Crippen molar-refractivity contribution >= 4 is 18.7 Å². The highest BCUT2D eigenvalue weighted by Gasteiger charge is 1.87. The van der Waals surface area contributed by atoms with Crippen LogP contribution in [0.25, 0.3) is 6.08 Å². The van der Waals surface area contributed by atoms with Gasteiger partial charge in [0.05, 0.1) is 0 Å². The molecule has 0 nitrogen and oxygen atoms in total. The van der Waals surface area contributed by atoms with E-state index in [-0.39, 0.29) is 0 Å². The Labute approximate surface area is 67.0 Å². The fraction of sp³-hybridized carbons (Fsp3) is 0.111. The van der Waals surface area contributed by atoms with Crippen molar-refractivity contribution in [3.63, 3.8) is 0 Å². The van der Waals surface area contributed by atoms with Crippen LogP contribution in [-0.2, 0) is 0 Å². The van der Waals surface area contributed by atoms with E-state index in [9.17, 15) is 0 Å². The zero-order valence-corrected chi connectivity index (χ0v) is 6.81. The van der Waals surface area contributed by atoms with Crippen LogP contribution in [0.3, 0.4) is 0 Å². The average Bonchev–Trinajstić information content (AvgIpc) is 1.94. The van der Waals surface area contributed by atoms with E-state index in [1.165, 1.54) is 11.1 Å². The number of rotatable bonds is 1. The van der Waals surface area contributed by atoms with Crippen molar-refractivity contribution in [1.82, 2.24) is 0 Å². The maximum atomic E-state index is 4.00. The van der Waals surface area contributed by atoms with Gasteiger partial charge >= 0.3 is 0 Å². The van der Waals surface area contributed by atoms with Crippen LogP contribution in [0.5, 0.6) is 0 Å². The maximum Gasteiger partial charge on any atom is -0.0222 e. The minimum Gasteiger partial charge on any atom is -0.151 e. The fourth-order valence-corrected chi connectivity index (χ4v) is 1.01. The Balaban J connectivity index is 3.03. The molecule has 0 aliphatic heterocycles. The molecule has 0 bridgehead atoms. The lowest BCUT2D eigenvalue weighted by Crippen LogP contribution is -1.76. The predicted molar refractivity (Wildman–Crippen MR) is 49.2 cm³/mol. The molecule has 0 spiro atoms. The Kier molecular flexibility index (Phi) is 2.57. The highest BCUT2D eigenvalue weighted by molar-refractivity contribution is 7.83. The molecule has 0 atom stereocenters. The van der Waals surface area contributed by atoms with E-state index in [1.807, 2.05) is 18.2 Å². The molecular weight excluding hydrogens is 140 g/mol. The third-order valence-corrected chi connectivity index (χ3v) is 1.59. The summed E-state index contributed by atoms with van der Waals surface area (Å²) < 4.78 is 0. The summed E-state index contributed by atoms with van der Waals surface area (Å²) >= 11 is 4.00. The summed E-state index contributed by atoms with van der Waals surface area (Å²) in [6, 6.07) is 8.21. The normalized spacial score (nSPS) is 10.6. The lowest BCUT2D eigenvalue weighted by atomic mass is 10.1. The molecular formula is C9H10S.